The molecule has 1 aromatic heterocycles. The summed E-state index contributed by atoms with van der Waals surface area (Å²) < 4.78 is 53.6. The van der Waals surface area contributed by atoms with Crippen molar-refractivity contribution in [2.45, 2.75) is 25.7 Å². The minimum Gasteiger partial charge on any atom is -0.478 e. The van der Waals surface area contributed by atoms with E-state index in [1.54, 1.807) is 6.07 Å². The Morgan fingerprint density at radius 2 is 1.71 bits per heavy atom. The van der Waals surface area contributed by atoms with Crippen LogP contribution in [0.5, 0.6) is 5.75 Å². The van der Waals surface area contributed by atoms with Crippen LogP contribution in [0.4, 0.5) is 13.2 Å². The Labute approximate surface area is 198 Å². The van der Waals surface area contributed by atoms with E-state index in [1.165, 1.54) is 30.3 Å². The molecule has 1 aliphatic rings. The van der Waals surface area contributed by atoms with Crippen molar-refractivity contribution in [2.24, 2.45) is 0 Å². The predicted molar refractivity (Wildman–Crippen MR) is 124 cm³/mol. The molecule has 1 unspecified atom stereocenters. The van der Waals surface area contributed by atoms with Crippen LogP contribution < -0.4 is 10.2 Å². The highest BCUT2D eigenvalue weighted by Gasteiger charge is 2.40. The minimum atomic E-state index is -4.88. The van der Waals surface area contributed by atoms with Gasteiger partial charge in [0.1, 0.15) is 18.1 Å². The maximum Gasteiger partial charge on any atom is 0.450 e. The van der Waals surface area contributed by atoms with E-state index in [0.717, 1.165) is 5.56 Å². The van der Waals surface area contributed by atoms with Gasteiger partial charge < -0.3 is 9.15 Å². The van der Waals surface area contributed by atoms with Crippen molar-refractivity contribution < 1.29 is 22.3 Å². The number of fused-ring (bicyclic) bond motifs is 3. The Hall–Kier alpha value is -3.29. The summed E-state index contributed by atoms with van der Waals surface area (Å²) in [6.07, 6.45) is -4.88. The summed E-state index contributed by atoms with van der Waals surface area (Å²) in [5, 5.41) is 0.413. The van der Waals surface area contributed by atoms with Crippen molar-refractivity contribution in [2.75, 3.05) is 6.73 Å². The molecular weight excluding hydrogens is 467 g/mol. The quantitative estimate of drug-likeness (QED) is 0.312. The van der Waals surface area contributed by atoms with E-state index in [0.29, 0.717) is 16.3 Å². The monoisotopic (exact) mass is 485 g/mol. The number of halogens is 4. The Balaban J connectivity index is 1.68. The van der Waals surface area contributed by atoms with Crippen LogP contribution in [0.15, 0.2) is 75.9 Å². The second-order valence-electron chi connectivity index (χ2n) is 8.17. The zero-order valence-corrected chi connectivity index (χ0v) is 18.8. The van der Waals surface area contributed by atoms with Gasteiger partial charge in [-0.15, -0.1) is 0 Å². The molecule has 8 heteroatoms. The molecule has 1 atom stereocenters. The number of hydrogen-bond acceptors (Lipinski definition) is 4. The van der Waals surface area contributed by atoms with Gasteiger partial charge in [-0.1, -0.05) is 54.1 Å². The first-order chi connectivity index (χ1) is 16.2. The van der Waals surface area contributed by atoms with Gasteiger partial charge in [0.2, 0.25) is 11.2 Å². The fourth-order valence-electron chi connectivity index (χ4n) is 4.25. The number of hydrogen-bond donors (Lipinski definition) is 0. The molecule has 0 bridgehead atoms. The summed E-state index contributed by atoms with van der Waals surface area (Å²) in [7, 11) is 0. The lowest BCUT2D eigenvalue weighted by Gasteiger charge is -2.34. The standard InChI is InChI=1S/C26H19ClF3NO3/c1-15(16-5-3-2-4-6-16)31-13-20-21(33-14-31)12-11-19-23(32)22(17-7-9-18(27)10-8-17)25(26(28,29)30)34-24(19)20/h2-12,15H,13-14H2,1H3. The van der Waals surface area contributed by atoms with Gasteiger partial charge in [0.25, 0.3) is 0 Å². The van der Waals surface area contributed by atoms with Crippen molar-refractivity contribution in [3.8, 4) is 16.9 Å². The average molecular weight is 486 g/mol. The minimum absolute atomic E-state index is 0.0632. The highest BCUT2D eigenvalue weighted by molar-refractivity contribution is 6.30. The van der Waals surface area contributed by atoms with Gasteiger partial charge in [0, 0.05) is 17.6 Å². The molecule has 4 nitrogen and oxygen atoms in total. The fraction of sp³-hybridized carbons (Fsp3) is 0.192. The van der Waals surface area contributed by atoms with Crippen LogP contribution in [0.3, 0.4) is 0 Å². The molecule has 1 aliphatic heterocycles. The van der Waals surface area contributed by atoms with Crippen molar-refractivity contribution in [3.63, 3.8) is 0 Å². The van der Waals surface area contributed by atoms with Crippen molar-refractivity contribution in [1.82, 2.24) is 4.90 Å². The van der Waals surface area contributed by atoms with E-state index in [4.69, 9.17) is 20.8 Å². The second kappa shape index (κ2) is 8.49. The lowest BCUT2D eigenvalue weighted by Crippen LogP contribution is -2.34. The number of nitrogens with zero attached hydrogens (tertiary/aromatic N) is 1. The predicted octanol–water partition coefficient (Wildman–Crippen LogP) is 7.05. The van der Waals surface area contributed by atoms with Crippen molar-refractivity contribution in [1.29, 1.82) is 0 Å². The van der Waals surface area contributed by atoms with Crippen LogP contribution >= 0.6 is 11.6 Å². The molecule has 34 heavy (non-hydrogen) atoms. The number of ether oxygens (including phenoxy) is 1. The van der Waals surface area contributed by atoms with E-state index in [2.05, 4.69) is 0 Å². The first-order valence-electron chi connectivity index (χ1n) is 10.6. The van der Waals surface area contributed by atoms with Gasteiger partial charge >= 0.3 is 6.18 Å². The number of rotatable bonds is 3. The van der Waals surface area contributed by atoms with E-state index in [-0.39, 0.29) is 35.9 Å². The summed E-state index contributed by atoms with van der Waals surface area (Å²) in [6.45, 7) is 2.52. The first kappa shape index (κ1) is 22.5. The van der Waals surface area contributed by atoms with Gasteiger partial charge in [0.15, 0.2) is 0 Å². The van der Waals surface area contributed by atoms with Crippen LogP contribution in [0, 0.1) is 0 Å². The van der Waals surface area contributed by atoms with Crippen molar-refractivity contribution >= 4 is 22.6 Å². The van der Waals surface area contributed by atoms with E-state index in [9.17, 15) is 18.0 Å². The fourth-order valence-corrected chi connectivity index (χ4v) is 4.38. The molecule has 2 heterocycles. The van der Waals surface area contributed by atoms with Crippen molar-refractivity contribution in [3.05, 3.63) is 98.9 Å². The molecular formula is C26H19ClF3NO3. The topological polar surface area (TPSA) is 42.7 Å². The summed E-state index contributed by atoms with van der Waals surface area (Å²) in [5.74, 6) is -0.937. The van der Waals surface area contributed by atoms with Crippen LogP contribution in [-0.2, 0) is 12.7 Å². The van der Waals surface area contributed by atoms with E-state index >= 15 is 0 Å². The third-order valence-electron chi connectivity index (χ3n) is 6.09. The summed E-state index contributed by atoms with van der Waals surface area (Å²) in [4.78, 5) is 15.3. The smallest absolute Gasteiger partial charge is 0.450 e. The molecule has 4 aromatic rings. The highest BCUT2D eigenvalue weighted by Crippen LogP contribution is 2.41. The Morgan fingerprint density at radius 1 is 1.00 bits per heavy atom. The zero-order chi connectivity index (χ0) is 24.0. The molecule has 0 fully saturated rings. The lowest BCUT2D eigenvalue weighted by atomic mass is 9.99. The van der Waals surface area contributed by atoms with Gasteiger partial charge in [0.05, 0.1) is 16.5 Å². The average Bonchev–Trinajstić information content (AvgIpc) is 2.83. The Kier molecular flexibility index (Phi) is 5.62. The summed E-state index contributed by atoms with van der Waals surface area (Å²) >= 11 is 5.88. The molecule has 0 saturated heterocycles. The molecule has 0 spiro atoms. The van der Waals surface area contributed by atoms with Crippen LogP contribution in [0.1, 0.15) is 29.9 Å². The SMILES string of the molecule is CC(c1ccccc1)N1COc2ccc3c(=O)c(-c4ccc(Cl)cc4)c(C(F)(F)F)oc3c2C1. The van der Waals surface area contributed by atoms with Gasteiger partial charge in [-0.3, -0.25) is 9.69 Å². The molecule has 0 aliphatic carbocycles. The Bertz CT molecular complexity index is 1420. The van der Waals surface area contributed by atoms with Gasteiger partial charge in [-0.05, 0) is 42.3 Å². The molecule has 174 valence electrons. The van der Waals surface area contributed by atoms with Gasteiger partial charge in [-0.25, -0.2) is 0 Å². The molecule has 0 radical (unpaired) electrons. The third kappa shape index (κ3) is 3.95. The van der Waals surface area contributed by atoms with E-state index in [1.807, 2.05) is 42.2 Å². The molecule has 5 rings (SSSR count). The molecule has 0 N–H and O–H groups in total. The number of alkyl halides is 3. The Morgan fingerprint density at radius 3 is 2.38 bits per heavy atom. The van der Waals surface area contributed by atoms with E-state index < -0.39 is 22.9 Å². The lowest BCUT2D eigenvalue weighted by molar-refractivity contribution is -0.152. The van der Waals surface area contributed by atoms with Crippen LogP contribution in [-0.4, -0.2) is 11.6 Å². The highest BCUT2D eigenvalue weighted by atomic mass is 35.5. The number of benzene rings is 3. The maximum atomic E-state index is 14.1. The summed E-state index contributed by atoms with van der Waals surface area (Å²) in [6, 6.07) is 18.3. The molecule has 0 saturated carbocycles. The van der Waals surface area contributed by atoms with Crippen LogP contribution in [0.25, 0.3) is 22.1 Å². The largest absolute Gasteiger partial charge is 0.478 e. The third-order valence-corrected chi connectivity index (χ3v) is 6.34. The zero-order valence-electron chi connectivity index (χ0n) is 18.0. The van der Waals surface area contributed by atoms with Gasteiger partial charge in [-0.2, -0.15) is 13.2 Å². The molecule has 0 amide bonds. The maximum absolute atomic E-state index is 14.1. The first-order valence-corrected chi connectivity index (χ1v) is 11.0. The normalized spacial score (nSPS) is 15.1. The second-order valence-corrected chi connectivity index (χ2v) is 8.60. The van der Waals surface area contributed by atoms with Crippen LogP contribution in [0.2, 0.25) is 5.02 Å². The molecule has 3 aromatic carbocycles. The summed E-state index contributed by atoms with van der Waals surface area (Å²) in [5.41, 5.74) is 0.127.